The standard InChI is InChI=1S/C14H19NO2S/c1-16-12-3-2-10(14(9-15)4-5-14)6-13(12)17-11-7-18-8-11/h2-3,6,11H,4-5,7-9,15H2,1H3. The SMILES string of the molecule is COc1ccc(C2(CN)CC2)cc1OC1CSC1. The summed E-state index contributed by atoms with van der Waals surface area (Å²) in [4.78, 5) is 0. The zero-order valence-electron chi connectivity index (χ0n) is 10.6. The zero-order chi connectivity index (χ0) is 12.6. The van der Waals surface area contributed by atoms with Crippen LogP contribution in [-0.2, 0) is 5.41 Å². The molecule has 98 valence electrons. The second-order valence-corrected chi connectivity index (χ2v) is 6.20. The quantitative estimate of drug-likeness (QED) is 0.886. The lowest BCUT2D eigenvalue weighted by Gasteiger charge is -2.27. The summed E-state index contributed by atoms with van der Waals surface area (Å²) in [6.45, 7) is 0.720. The highest BCUT2D eigenvalue weighted by atomic mass is 32.2. The lowest BCUT2D eigenvalue weighted by molar-refractivity contribution is 0.228. The van der Waals surface area contributed by atoms with E-state index in [0.717, 1.165) is 29.5 Å². The van der Waals surface area contributed by atoms with Crippen LogP contribution >= 0.6 is 11.8 Å². The summed E-state index contributed by atoms with van der Waals surface area (Å²) in [5.74, 6) is 3.86. The van der Waals surface area contributed by atoms with E-state index >= 15 is 0 Å². The Hall–Kier alpha value is -0.870. The molecule has 1 heterocycles. The van der Waals surface area contributed by atoms with Gasteiger partial charge in [0.2, 0.25) is 0 Å². The maximum absolute atomic E-state index is 5.99. The zero-order valence-corrected chi connectivity index (χ0v) is 11.5. The molecule has 0 atom stereocenters. The summed E-state index contributed by atoms with van der Waals surface area (Å²) >= 11 is 1.92. The lowest BCUT2D eigenvalue weighted by atomic mass is 9.96. The molecule has 0 unspecified atom stereocenters. The predicted molar refractivity (Wildman–Crippen MR) is 74.7 cm³/mol. The van der Waals surface area contributed by atoms with Gasteiger partial charge in [-0.05, 0) is 30.5 Å². The number of methoxy groups -OCH3 is 1. The van der Waals surface area contributed by atoms with Crippen LogP contribution in [0.15, 0.2) is 18.2 Å². The van der Waals surface area contributed by atoms with E-state index in [1.54, 1.807) is 7.11 Å². The number of hydrogen-bond acceptors (Lipinski definition) is 4. The Balaban J connectivity index is 1.86. The van der Waals surface area contributed by atoms with Crippen molar-refractivity contribution < 1.29 is 9.47 Å². The molecule has 0 aromatic heterocycles. The molecule has 1 aromatic rings. The average molecular weight is 265 g/mol. The van der Waals surface area contributed by atoms with E-state index in [-0.39, 0.29) is 5.41 Å². The normalized spacial score (nSPS) is 21.2. The molecule has 1 aliphatic heterocycles. The minimum absolute atomic E-state index is 0.207. The Morgan fingerprint density at radius 3 is 2.61 bits per heavy atom. The van der Waals surface area contributed by atoms with E-state index in [9.17, 15) is 0 Å². The Morgan fingerprint density at radius 2 is 2.11 bits per heavy atom. The molecule has 1 aromatic carbocycles. The molecular formula is C14H19NO2S. The van der Waals surface area contributed by atoms with Gasteiger partial charge < -0.3 is 15.2 Å². The van der Waals surface area contributed by atoms with Gasteiger partial charge in [0.15, 0.2) is 11.5 Å². The molecule has 2 N–H and O–H groups in total. The lowest BCUT2D eigenvalue weighted by Crippen LogP contribution is -2.31. The van der Waals surface area contributed by atoms with Crippen LogP contribution < -0.4 is 15.2 Å². The topological polar surface area (TPSA) is 44.5 Å². The molecule has 4 heteroatoms. The number of hydrogen-bond donors (Lipinski definition) is 1. The Morgan fingerprint density at radius 1 is 1.33 bits per heavy atom. The van der Waals surface area contributed by atoms with Crippen molar-refractivity contribution in [3.05, 3.63) is 23.8 Å². The minimum atomic E-state index is 0.207. The molecule has 1 saturated heterocycles. The minimum Gasteiger partial charge on any atom is -0.493 e. The van der Waals surface area contributed by atoms with Crippen LogP contribution in [0.1, 0.15) is 18.4 Å². The van der Waals surface area contributed by atoms with Crippen LogP contribution in [0.25, 0.3) is 0 Å². The third-order valence-electron chi connectivity index (χ3n) is 3.92. The fourth-order valence-corrected chi connectivity index (χ4v) is 2.89. The van der Waals surface area contributed by atoms with Crippen LogP contribution in [0, 0.1) is 0 Å². The molecule has 2 aliphatic rings. The van der Waals surface area contributed by atoms with Crippen molar-refractivity contribution in [2.75, 3.05) is 25.2 Å². The van der Waals surface area contributed by atoms with Crippen LogP contribution in [-0.4, -0.2) is 31.3 Å². The third kappa shape index (κ3) is 2.08. The van der Waals surface area contributed by atoms with Crippen LogP contribution in [0.2, 0.25) is 0 Å². The van der Waals surface area contributed by atoms with Crippen LogP contribution in [0.3, 0.4) is 0 Å². The molecule has 0 bridgehead atoms. The maximum atomic E-state index is 5.99. The molecule has 0 spiro atoms. The number of nitrogens with two attached hydrogens (primary N) is 1. The molecule has 18 heavy (non-hydrogen) atoms. The molecule has 1 saturated carbocycles. The second-order valence-electron chi connectivity index (χ2n) is 5.13. The van der Waals surface area contributed by atoms with Gasteiger partial charge in [-0.1, -0.05) is 6.07 Å². The molecular weight excluding hydrogens is 246 g/mol. The number of thioether (sulfide) groups is 1. The largest absolute Gasteiger partial charge is 0.493 e. The van der Waals surface area contributed by atoms with Crippen molar-refractivity contribution in [3.8, 4) is 11.5 Å². The highest BCUT2D eigenvalue weighted by Crippen LogP contribution is 2.49. The van der Waals surface area contributed by atoms with Crippen molar-refractivity contribution in [1.82, 2.24) is 0 Å². The number of rotatable bonds is 5. The van der Waals surface area contributed by atoms with Gasteiger partial charge in [0.25, 0.3) is 0 Å². The fraction of sp³-hybridized carbons (Fsp3) is 0.571. The highest BCUT2D eigenvalue weighted by Gasteiger charge is 2.43. The van der Waals surface area contributed by atoms with E-state index < -0.39 is 0 Å². The first-order valence-corrected chi connectivity index (χ1v) is 7.56. The van der Waals surface area contributed by atoms with Crippen molar-refractivity contribution in [1.29, 1.82) is 0 Å². The van der Waals surface area contributed by atoms with Gasteiger partial charge in [-0.3, -0.25) is 0 Å². The van der Waals surface area contributed by atoms with Crippen molar-refractivity contribution in [2.45, 2.75) is 24.4 Å². The first kappa shape index (κ1) is 12.2. The molecule has 2 fully saturated rings. The van der Waals surface area contributed by atoms with Crippen LogP contribution in [0.4, 0.5) is 0 Å². The van der Waals surface area contributed by atoms with E-state index in [2.05, 4.69) is 12.1 Å². The predicted octanol–water partition coefficient (Wildman–Crippen LogP) is 2.18. The van der Waals surface area contributed by atoms with E-state index in [1.165, 1.54) is 18.4 Å². The van der Waals surface area contributed by atoms with Crippen molar-refractivity contribution in [3.63, 3.8) is 0 Å². The monoisotopic (exact) mass is 265 g/mol. The smallest absolute Gasteiger partial charge is 0.161 e. The molecule has 1 aliphatic carbocycles. The molecule has 3 nitrogen and oxygen atoms in total. The van der Waals surface area contributed by atoms with Gasteiger partial charge in [0.1, 0.15) is 6.10 Å². The maximum Gasteiger partial charge on any atom is 0.161 e. The summed E-state index contributed by atoms with van der Waals surface area (Å²) in [6, 6.07) is 6.26. The highest BCUT2D eigenvalue weighted by molar-refractivity contribution is 8.00. The van der Waals surface area contributed by atoms with Crippen LogP contribution in [0.5, 0.6) is 11.5 Å². The van der Waals surface area contributed by atoms with Gasteiger partial charge in [-0.15, -0.1) is 0 Å². The molecule has 3 rings (SSSR count). The first-order chi connectivity index (χ1) is 8.77. The second kappa shape index (κ2) is 4.67. The Bertz CT molecular complexity index is 441. The Labute approximate surface area is 112 Å². The van der Waals surface area contributed by atoms with Gasteiger partial charge in [0.05, 0.1) is 7.11 Å². The van der Waals surface area contributed by atoms with Gasteiger partial charge >= 0.3 is 0 Å². The summed E-state index contributed by atoms with van der Waals surface area (Å²) in [5, 5.41) is 0. The van der Waals surface area contributed by atoms with Gasteiger partial charge in [-0.25, -0.2) is 0 Å². The first-order valence-electron chi connectivity index (χ1n) is 6.40. The summed E-state index contributed by atoms with van der Waals surface area (Å²) in [6.07, 6.45) is 2.72. The number of ether oxygens (including phenoxy) is 2. The number of benzene rings is 1. The van der Waals surface area contributed by atoms with Gasteiger partial charge in [0, 0.05) is 23.5 Å². The molecule has 0 radical (unpaired) electrons. The van der Waals surface area contributed by atoms with Crippen molar-refractivity contribution in [2.24, 2.45) is 5.73 Å². The average Bonchev–Trinajstić information content (AvgIpc) is 3.14. The van der Waals surface area contributed by atoms with Crippen molar-refractivity contribution >= 4 is 11.8 Å². The summed E-state index contributed by atoms with van der Waals surface area (Å²) in [5.41, 5.74) is 7.39. The summed E-state index contributed by atoms with van der Waals surface area (Å²) < 4.78 is 11.4. The fourth-order valence-electron chi connectivity index (χ4n) is 2.32. The molecule has 0 amide bonds. The van der Waals surface area contributed by atoms with Gasteiger partial charge in [-0.2, -0.15) is 11.8 Å². The van der Waals surface area contributed by atoms with E-state index in [1.807, 2.05) is 17.8 Å². The summed E-state index contributed by atoms with van der Waals surface area (Å²) in [7, 11) is 1.69. The Kier molecular flexibility index (Phi) is 3.16. The third-order valence-corrected chi connectivity index (χ3v) is 5.14. The van der Waals surface area contributed by atoms with E-state index in [4.69, 9.17) is 15.2 Å². The van der Waals surface area contributed by atoms with E-state index in [0.29, 0.717) is 6.10 Å².